The number of rotatable bonds is 9. The summed E-state index contributed by atoms with van der Waals surface area (Å²) in [5.41, 5.74) is 0.606. The summed E-state index contributed by atoms with van der Waals surface area (Å²) in [5.74, 6) is -0.638. The van der Waals surface area contributed by atoms with Gasteiger partial charge in [-0.05, 0) is 43.3 Å². The molecule has 10 heteroatoms. The molecule has 0 aromatic heterocycles. The molecule has 2 aromatic rings. The van der Waals surface area contributed by atoms with E-state index in [0.717, 1.165) is 0 Å². The first-order valence-corrected chi connectivity index (χ1v) is 9.51. The second kappa shape index (κ2) is 11.1. The molecule has 0 saturated carbocycles. The van der Waals surface area contributed by atoms with Crippen LogP contribution in [0, 0.1) is 0 Å². The number of nitrogens with one attached hydrogen (secondary N) is 2. The standard InChI is InChI=1S/C21H23ClN2O7/c1-12(20(26)24-15-10-14(22)6-8-16(15)28-2)31-19(25)11-23-21(27)13-5-7-17(29-3)18(9-13)30-4/h5-10,12H,11H2,1-4H3,(H,23,27)(H,24,26). The fourth-order valence-electron chi connectivity index (χ4n) is 2.54. The maximum Gasteiger partial charge on any atom is 0.326 e. The quantitative estimate of drug-likeness (QED) is 0.565. The third kappa shape index (κ3) is 6.51. The highest BCUT2D eigenvalue weighted by atomic mass is 35.5. The van der Waals surface area contributed by atoms with Crippen LogP contribution in [0.2, 0.25) is 5.02 Å². The van der Waals surface area contributed by atoms with Crippen LogP contribution < -0.4 is 24.8 Å². The van der Waals surface area contributed by atoms with E-state index in [-0.39, 0.29) is 5.56 Å². The molecule has 2 rings (SSSR count). The molecule has 0 fully saturated rings. The number of carbonyl (C=O) groups excluding carboxylic acids is 3. The minimum Gasteiger partial charge on any atom is -0.495 e. The van der Waals surface area contributed by atoms with E-state index < -0.39 is 30.4 Å². The van der Waals surface area contributed by atoms with Gasteiger partial charge in [0.2, 0.25) is 0 Å². The number of methoxy groups -OCH3 is 3. The summed E-state index contributed by atoms with van der Waals surface area (Å²) in [4.78, 5) is 36.6. The molecule has 0 saturated heterocycles. The minimum absolute atomic E-state index is 0.268. The predicted octanol–water partition coefficient (Wildman–Crippen LogP) is 2.67. The summed E-state index contributed by atoms with van der Waals surface area (Å²) in [7, 11) is 4.37. The monoisotopic (exact) mass is 450 g/mol. The second-order valence-electron chi connectivity index (χ2n) is 6.22. The van der Waals surface area contributed by atoms with E-state index in [1.807, 2.05) is 0 Å². The van der Waals surface area contributed by atoms with Crippen molar-refractivity contribution in [3.8, 4) is 17.2 Å². The van der Waals surface area contributed by atoms with Crippen molar-refractivity contribution in [2.45, 2.75) is 13.0 Å². The van der Waals surface area contributed by atoms with Gasteiger partial charge in [0.15, 0.2) is 17.6 Å². The molecule has 0 aliphatic heterocycles. The third-order valence-electron chi connectivity index (χ3n) is 4.14. The lowest BCUT2D eigenvalue weighted by atomic mass is 10.2. The summed E-state index contributed by atoms with van der Waals surface area (Å²) in [5, 5.41) is 5.41. The number of ether oxygens (including phenoxy) is 4. The van der Waals surface area contributed by atoms with Gasteiger partial charge in [-0.3, -0.25) is 14.4 Å². The van der Waals surface area contributed by atoms with Gasteiger partial charge in [-0.15, -0.1) is 0 Å². The Bertz CT molecular complexity index is 965. The molecule has 2 amide bonds. The number of halogens is 1. The van der Waals surface area contributed by atoms with Gasteiger partial charge in [-0.25, -0.2) is 0 Å². The Morgan fingerprint density at radius 1 is 0.935 bits per heavy atom. The maximum atomic E-state index is 12.3. The Hall–Kier alpha value is -3.46. The number of hydrogen-bond acceptors (Lipinski definition) is 7. The zero-order chi connectivity index (χ0) is 23.0. The van der Waals surface area contributed by atoms with Crippen molar-refractivity contribution in [1.82, 2.24) is 5.32 Å². The Labute approximate surface area is 184 Å². The fraction of sp³-hybridized carbons (Fsp3) is 0.286. The van der Waals surface area contributed by atoms with Crippen molar-refractivity contribution in [2.24, 2.45) is 0 Å². The van der Waals surface area contributed by atoms with Crippen molar-refractivity contribution < 1.29 is 33.3 Å². The molecule has 0 aliphatic rings. The number of esters is 1. The summed E-state index contributed by atoms with van der Waals surface area (Å²) < 4.78 is 20.5. The second-order valence-corrected chi connectivity index (χ2v) is 6.65. The zero-order valence-electron chi connectivity index (χ0n) is 17.5. The first kappa shape index (κ1) is 23.8. The number of carbonyl (C=O) groups is 3. The Balaban J connectivity index is 1.90. The van der Waals surface area contributed by atoms with Crippen LogP contribution in [0.15, 0.2) is 36.4 Å². The molecule has 0 heterocycles. The van der Waals surface area contributed by atoms with Gasteiger partial charge in [0, 0.05) is 10.6 Å². The van der Waals surface area contributed by atoms with Crippen LogP contribution in [0.3, 0.4) is 0 Å². The summed E-state index contributed by atoms with van der Waals surface area (Å²) >= 11 is 5.93. The fourth-order valence-corrected chi connectivity index (χ4v) is 2.71. The largest absolute Gasteiger partial charge is 0.495 e. The number of anilines is 1. The van der Waals surface area contributed by atoms with E-state index in [1.54, 1.807) is 18.2 Å². The SMILES string of the molecule is COc1ccc(Cl)cc1NC(=O)C(C)OC(=O)CNC(=O)c1ccc(OC)c(OC)c1. The van der Waals surface area contributed by atoms with Gasteiger partial charge >= 0.3 is 5.97 Å². The van der Waals surface area contributed by atoms with Crippen LogP contribution in [0.5, 0.6) is 17.2 Å². The van der Waals surface area contributed by atoms with Crippen LogP contribution >= 0.6 is 11.6 Å². The number of hydrogen-bond donors (Lipinski definition) is 2. The highest BCUT2D eigenvalue weighted by Gasteiger charge is 2.20. The molecule has 0 aliphatic carbocycles. The molecule has 0 bridgehead atoms. The van der Waals surface area contributed by atoms with Crippen molar-refractivity contribution in [3.05, 3.63) is 47.0 Å². The first-order valence-electron chi connectivity index (χ1n) is 9.13. The van der Waals surface area contributed by atoms with Gasteiger partial charge in [-0.2, -0.15) is 0 Å². The first-order chi connectivity index (χ1) is 14.8. The lowest BCUT2D eigenvalue weighted by molar-refractivity contribution is -0.152. The Kier molecular flexibility index (Phi) is 8.51. The van der Waals surface area contributed by atoms with Crippen LogP contribution in [0.1, 0.15) is 17.3 Å². The van der Waals surface area contributed by atoms with Crippen LogP contribution in [-0.4, -0.2) is 51.8 Å². The van der Waals surface area contributed by atoms with Crippen molar-refractivity contribution in [2.75, 3.05) is 33.2 Å². The molecule has 31 heavy (non-hydrogen) atoms. The average Bonchev–Trinajstić information content (AvgIpc) is 2.76. The third-order valence-corrected chi connectivity index (χ3v) is 4.37. The van der Waals surface area contributed by atoms with E-state index >= 15 is 0 Å². The van der Waals surface area contributed by atoms with E-state index in [2.05, 4.69) is 10.6 Å². The highest BCUT2D eigenvalue weighted by molar-refractivity contribution is 6.31. The van der Waals surface area contributed by atoms with Crippen LogP contribution in [-0.2, 0) is 14.3 Å². The maximum absolute atomic E-state index is 12.3. The normalized spacial score (nSPS) is 11.1. The van der Waals surface area contributed by atoms with Gasteiger partial charge in [-0.1, -0.05) is 11.6 Å². The number of benzene rings is 2. The lowest BCUT2D eigenvalue weighted by Crippen LogP contribution is -2.35. The number of amides is 2. The molecule has 9 nitrogen and oxygen atoms in total. The molecule has 0 radical (unpaired) electrons. The molecular weight excluding hydrogens is 428 g/mol. The Morgan fingerprint density at radius 3 is 2.23 bits per heavy atom. The summed E-state index contributed by atoms with van der Waals surface area (Å²) in [6, 6.07) is 9.29. The summed E-state index contributed by atoms with van der Waals surface area (Å²) in [6.07, 6.45) is -1.12. The molecule has 0 spiro atoms. The van der Waals surface area contributed by atoms with E-state index in [1.165, 1.54) is 46.5 Å². The van der Waals surface area contributed by atoms with Crippen molar-refractivity contribution in [3.63, 3.8) is 0 Å². The van der Waals surface area contributed by atoms with Crippen molar-refractivity contribution in [1.29, 1.82) is 0 Å². The topological polar surface area (TPSA) is 112 Å². The van der Waals surface area contributed by atoms with Crippen LogP contribution in [0.4, 0.5) is 5.69 Å². The summed E-state index contributed by atoms with van der Waals surface area (Å²) in [6.45, 7) is 0.978. The molecule has 1 atom stereocenters. The Morgan fingerprint density at radius 2 is 1.58 bits per heavy atom. The van der Waals surface area contributed by atoms with E-state index in [0.29, 0.717) is 28.0 Å². The van der Waals surface area contributed by atoms with Gasteiger partial charge in [0.25, 0.3) is 11.8 Å². The molecule has 2 aromatic carbocycles. The molecular formula is C21H23ClN2O7. The molecule has 2 N–H and O–H groups in total. The molecule has 166 valence electrons. The smallest absolute Gasteiger partial charge is 0.326 e. The van der Waals surface area contributed by atoms with Gasteiger partial charge in [0.05, 0.1) is 27.0 Å². The highest BCUT2D eigenvalue weighted by Crippen LogP contribution is 2.28. The lowest BCUT2D eigenvalue weighted by Gasteiger charge is -2.15. The van der Waals surface area contributed by atoms with Gasteiger partial charge in [0.1, 0.15) is 12.3 Å². The average molecular weight is 451 g/mol. The van der Waals surface area contributed by atoms with Gasteiger partial charge < -0.3 is 29.6 Å². The van der Waals surface area contributed by atoms with E-state index in [4.69, 9.17) is 30.5 Å². The zero-order valence-corrected chi connectivity index (χ0v) is 18.2. The van der Waals surface area contributed by atoms with E-state index in [9.17, 15) is 14.4 Å². The van der Waals surface area contributed by atoms with Crippen LogP contribution in [0.25, 0.3) is 0 Å². The van der Waals surface area contributed by atoms with Crippen molar-refractivity contribution >= 4 is 35.1 Å². The predicted molar refractivity (Wildman–Crippen MR) is 114 cm³/mol. The minimum atomic E-state index is -1.12. The molecule has 1 unspecified atom stereocenters.